The lowest BCUT2D eigenvalue weighted by molar-refractivity contribution is 0.357. The van der Waals surface area contributed by atoms with Gasteiger partial charge < -0.3 is 5.73 Å². The summed E-state index contributed by atoms with van der Waals surface area (Å²) in [5.41, 5.74) is 8.96. The minimum atomic E-state index is -3.15. The Bertz CT molecular complexity index is 607. The molecule has 1 aliphatic carbocycles. The second-order valence-corrected chi connectivity index (χ2v) is 8.36. The Balaban J connectivity index is 1.72. The van der Waals surface area contributed by atoms with Gasteiger partial charge in [-0.05, 0) is 42.4 Å². The number of anilines is 1. The first-order valence-corrected chi connectivity index (χ1v) is 9.51. The van der Waals surface area contributed by atoms with Crippen LogP contribution in [-0.4, -0.2) is 25.0 Å². The molecule has 116 valence electrons. The van der Waals surface area contributed by atoms with Gasteiger partial charge in [-0.2, -0.15) is 4.31 Å². The predicted octanol–water partition coefficient (Wildman–Crippen LogP) is 2.54. The number of rotatable bonds is 3. The van der Waals surface area contributed by atoms with Crippen LogP contribution in [0.5, 0.6) is 0 Å². The molecule has 4 nitrogen and oxygen atoms in total. The molecule has 5 heteroatoms. The van der Waals surface area contributed by atoms with E-state index in [0.717, 1.165) is 36.1 Å². The zero-order chi connectivity index (χ0) is 14.9. The van der Waals surface area contributed by atoms with Crippen molar-refractivity contribution in [2.75, 3.05) is 18.0 Å². The molecule has 0 atom stereocenters. The van der Waals surface area contributed by atoms with Gasteiger partial charge in [-0.1, -0.05) is 31.4 Å². The second kappa shape index (κ2) is 5.97. The molecule has 1 aliphatic heterocycles. The number of nitrogens with two attached hydrogens (primary N) is 1. The molecular formula is C16H24N2O2S. The number of nitrogens with zero attached hydrogens (tertiary/aromatic N) is 1. The summed E-state index contributed by atoms with van der Waals surface area (Å²) in [4.78, 5) is 0. The topological polar surface area (TPSA) is 63.4 Å². The number of nitrogen functional groups attached to an aromatic ring is 1. The third-order valence-electron chi connectivity index (χ3n) is 4.83. The molecule has 2 aliphatic rings. The van der Waals surface area contributed by atoms with Crippen molar-refractivity contribution < 1.29 is 8.42 Å². The molecule has 3 rings (SSSR count). The zero-order valence-electron chi connectivity index (χ0n) is 12.4. The molecule has 1 heterocycles. The van der Waals surface area contributed by atoms with Gasteiger partial charge in [-0.25, -0.2) is 8.42 Å². The Kier molecular flexibility index (Phi) is 4.22. The van der Waals surface area contributed by atoms with Crippen LogP contribution in [0.1, 0.15) is 43.2 Å². The lowest BCUT2D eigenvalue weighted by Gasteiger charge is -2.31. The van der Waals surface area contributed by atoms with E-state index in [1.165, 1.54) is 19.3 Å². The molecular weight excluding hydrogens is 284 g/mol. The largest absolute Gasteiger partial charge is 0.398 e. The Morgan fingerprint density at radius 1 is 1.19 bits per heavy atom. The Morgan fingerprint density at radius 2 is 1.95 bits per heavy atom. The van der Waals surface area contributed by atoms with Gasteiger partial charge in [0.05, 0.1) is 5.75 Å². The zero-order valence-corrected chi connectivity index (χ0v) is 13.2. The van der Waals surface area contributed by atoms with Crippen LogP contribution in [-0.2, 0) is 23.0 Å². The highest BCUT2D eigenvalue weighted by Gasteiger charge is 2.30. The smallest absolute Gasteiger partial charge is 0.214 e. The van der Waals surface area contributed by atoms with Crippen molar-refractivity contribution in [2.24, 2.45) is 5.92 Å². The first kappa shape index (κ1) is 14.9. The van der Waals surface area contributed by atoms with E-state index in [1.54, 1.807) is 4.31 Å². The maximum atomic E-state index is 12.6. The summed E-state index contributed by atoms with van der Waals surface area (Å²) in [5.74, 6) is 0.677. The van der Waals surface area contributed by atoms with Gasteiger partial charge in [0.2, 0.25) is 10.0 Å². The fourth-order valence-electron chi connectivity index (χ4n) is 3.61. The van der Waals surface area contributed by atoms with E-state index in [0.29, 0.717) is 24.8 Å². The van der Waals surface area contributed by atoms with Crippen molar-refractivity contribution >= 4 is 15.7 Å². The fraction of sp³-hybridized carbons (Fsp3) is 0.625. The highest BCUT2D eigenvalue weighted by molar-refractivity contribution is 7.89. The van der Waals surface area contributed by atoms with E-state index >= 15 is 0 Å². The van der Waals surface area contributed by atoms with Crippen molar-refractivity contribution in [1.82, 2.24) is 4.31 Å². The molecule has 0 saturated heterocycles. The molecule has 1 fully saturated rings. The summed E-state index contributed by atoms with van der Waals surface area (Å²) < 4.78 is 26.9. The number of hydrogen-bond acceptors (Lipinski definition) is 3. The summed E-state index contributed by atoms with van der Waals surface area (Å²) in [5, 5.41) is 0. The minimum Gasteiger partial charge on any atom is -0.398 e. The molecule has 1 aromatic rings. The minimum absolute atomic E-state index is 0.324. The fourth-order valence-corrected chi connectivity index (χ4v) is 5.45. The average Bonchev–Trinajstić information content (AvgIpc) is 2.48. The highest BCUT2D eigenvalue weighted by atomic mass is 32.2. The number of benzene rings is 1. The van der Waals surface area contributed by atoms with Gasteiger partial charge in [-0.3, -0.25) is 0 Å². The van der Waals surface area contributed by atoms with Crippen molar-refractivity contribution in [3.8, 4) is 0 Å². The Morgan fingerprint density at radius 3 is 2.71 bits per heavy atom. The average molecular weight is 308 g/mol. The van der Waals surface area contributed by atoms with E-state index in [-0.39, 0.29) is 0 Å². The lowest BCUT2D eigenvalue weighted by atomic mass is 9.91. The van der Waals surface area contributed by atoms with E-state index in [1.807, 2.05) is 18.2 Å². The predicted molar refractivity (Wildman–Crippen MR) is 85.3 cm³/mol. The molecule has 21 heavy (non-hydrogen) atoms. The second-order valence-electron chi connectivity index (χ2n) is 6.35. The van der Waals surface area contributed by atoms with Gasteiger partial charge in [0.15, 0.2) is 0 Å². The lowest BCUT2D eigenvalue weighted by Crippen LogP contribution is -2.39. The van der Waals surface area contributed by atoms with Crippen molar-refractivity contribution in [2.45, 2.75) is 45.1 Å². The van der Waals surface area contributed by atoms with Crippen LogP contribution >= 0.6 is 0 Å². The number of hydrogen-bond donors (Lipinski definition) is 1. The summed E-state index contributed by atoms with van der Waals surface area (Å²) in [6, 6.07) is 5.80. The highest BCUT2D eigenvalue weighted by Crippen LogP contribution is 2.29. The van der Waals surface area contributed by atoms with Gasteiger partial charge in [0.1, 0.15) is 0 Å². The summed E-state index contributed by atoms with van der Waals surface area (Å²) in [6.45, 7) is 1.05. The Hall–Kier alpha value is -1.07. The third-order valence-corrected chi connectivity index (χ3v) is 6.82. The van der Waals surface area contributed by atoms with Gasteiger partial charge >= 0.3 is 0 Å². The van der Waals surface area contributed by atoms with E-state index in [2.05, 4.69) is 0 Å². The molecule has 0 aromatic heterocycles. The standard InChI is InChI=1S/C16H24N2O2S/c17-16-8-4-7-14-11-18(10-9-15(14)16)21(19,20)12-13-5-2-1-3-6-13/h4,7-8,13H,1-3,5-6,9-12,17H2. The Labute approximate surface area is 127 Å². The van der Waals surface area contributed by atoms with E-state index in [4.69, 9.17) is 5.73 Å². The summed E-state index contributed by atoms with van der Waals surface area (Å²) >= 11 is 0. The van der Waals surface area contributed by atoms with Gasteiger partial charge in [-0.15, -0.1) is 0 Å². The SMILES string of the molecule is Nc1cccc2c1CCN(S(=O)(=O)CC1CCCCC1)C2. The molecule has 0 unspecified atom stereocenters. The summed E-state index contributed by atoms with van der Waals surface area (Å²) in [7, 11) is -3.15. The normalized spacial score (nSPS) is 21.1. The first-order chi connectivity index (χ1) is 10.1. The van der Waals surface area contributed by atoms with Crippen LogP contribution in [0.2, 0.25) is 0 Å². The van der Waals surface area contributed by atoms with Crippen molar-refractivity contribution in [3.05, 3.63) is 29.3 Å². The molecule has 0 spiro atoms. The van der Waals surface area contributed by atoms with Gasteiger partial charge in [0.25, 0.3) is 0 Å². The van der Waals surface area contributed by atoms with Crippen LogP contribution in [0.4, 0.5) is 5.69 Å². The number of sulfonamides is 1. The number of fused-ring (bicyclic) bond motifs is 1. The van der Waals surface area contributed by atoms with Crippen LogP contribution in [0, 0.1) is 5.92 Å². The van der Waals surface area contributed by atoms with Crippen molar-refractivity contribution in [1.29, 1.82) is 0 Å². The summed E-state index contributed by atoms with van der Waals surface area (Å²) in [6.07, 6.45) is 6.48. The molecule has 0 bridgehead atoms. The monoisotopic (exact) mass is 308 g/mol. The van der Waals surface area contributed by atoms with Crippen molar-refractivity contribution in [3.63, 3.8) is 0 Å². The molecule has 1 saturated carbocycles. The van der Waals surface area contributed by atoms with E-state index in [9.17, 15) is 8.42 Å². The quantitative estimate of drug-likeness (QED) is 0.873. The molecule has 2 N–H and O–H groups in total. The molecule has 0 amide bonds. The maximum absolute atomic E-state index is 12.6. The van der Waals surface area contributed by atoms with E-state index < -0.39 is 10.0 Å². The van der Waals surface area contributed by atoms with Crippen LogP contribution in [0.15, 0.2) is 18.2 Å². The third kappa shape index (κ3) is 3.24. The van der Waals surface area contributed by atoms with Crippen LogP contribution in [0.3, 0.4) is 0 Å². The first-order valence-electron chi connectivity index (χ1n) is 7.90. The maximum Gasteiger partial charge on any atom is 0.214 e. The van der Waals surface area contributed by atoms with Gasteiger partial charge in [0, 0.05) is 18.8 Å². The molecule has 1 aromatic carbocycles. The van der Waals surface area contributed by atoms with Crippen LogP contribution < -0.4 is 5.73 Å². The molecule has 0 radical (unpaired) electrons. The van der Waals surface area contributed by atoms with Crippen LogP contribution in [0.25, 0.3) is 0 Å².